The van der Waals surface area contributed by atoms with E-state index in [1.807, 2.05) is 0 Å². The number of hydrogen-bond acceptors (Lipinski definition) is 3. The summed E-state index contributed by atoms with van der Waals surface area (Å²) in [5, 5.41) is 12.7. The summed E-state index contributed by atoms with van der Waals surface area (Å²) in [6, 6.07) is 1.77. The fraction of sp³-hybridized carbons (Fsp3) is 0.583. The monoisotopic (exact) mass is 307 g/mol. The molecule has 0 fully saturated rings. The van der Waals surface area contributed by atoms with E-state index in [4.69, 9.17) is 5.11 Å². The van der Waals surface area contributed by atoms with E-state index >= 15 is 0 Å². The van der Waals surface area contributed by atoms with E-state index < -0.39 is 31.1 Å². The molecule has 1 rings (SSSR count). The molecule has 1 aromatic rings. The second kappa shape index (κ2) is 6.59. The van der Waals surface area contributed by atoms with Gasteiger partial charge in [0.1, 0.15) is 13.1 Å². The van der Waals surface area contributed by atoms with Gasteiger partial charge in [-0.05, 0) is 19.9 Å². The molecule has 0 aromatic carbocycles. The molecule has 6 nitrogen and oxygen atoms in total. The van der Waals surface area contributed by atoms with Gasteiger partial charge in [-0.2, -0.15) is 18.3 Å². The van der Waals surface area contributed by atoms with E-state index in [9.17, 15) is 22.8 Å². The number of hydrogen-bond donors (Lipinski definition) is 1. The lowest BCUT2D eigenvalue weighted by Crippen LogP contribution is -2.42. The highest BCUT2D eigenvalue weighted by Gasteiger charge is 2.33. The molecular formula is C12H16F3N3O3. The molecule has 0 unspecified atom stereocenters. The number of carboxylic acids is 1. The van der Waals surface area contributed by atoms with Gasteiger partial charge in [-0.3, -0.25) is 14.3 Å². The summed E-state index contributed by atoms with van der Waals surface area (Å²) < 4.78 is 38.5. The third-order valence-electron chi connectivity index (χ3n) is 2.69. The third kappa shape index (κ3) is 5.84. The Bertz CT molecular complexity index is 526. The highest BCUT2D eigenvalue weighted by atomic mass is 19.4. The number of aromatic nitrogens is 2. The topological polar surface area (TPSA) is 75.4 Å². The van der Waals surface area contributed by atoms with Gasteiger partial charge in [-0.15, -0.1) is 0 Å². The van der Waals surface area contributed by atoms with Crippen molar-refractivity contribution in [1.29, 1.82) is 0 Å². The van der Waals surface area contributed by atoms with E-state index in [1.54, 1.807) is 19.9 Å². The van der Waals surface area contributed by atoms with Crippen LogP contribution in [0.1, 0.15) is 17.8 Å². The molecule has 0 saturated carbocycles. The fourth-order valence-corrected chi connectivity index (χ4v) is 1.87. The molecule has 0 aliphatic heterocycles. The van der Waals surface area contributed by atoms with Crippen LogP contribution in [0.2, 0.25) is 0 Å². The number of carbonyl (C=O) groups is 2. The molecule has 0 spiro atoms. The standard InChI is InChI=1S/C12H16F3N3O3/c1-8-5-9(2)18(16-8)4-3-10(19)17(6-11(20)21)7-12(13,14)15/h5H,3-4,6-7H2,1-2H3,(H,20,21). The lowest BCUT2D eigenvalue weighted by atomic mass is 10.3. The van der Waals surface area contributed by atoms with Crippen LogP contribution in [0, 0.1) is 13.8 Å². The van der Waals surface area contributed by atoms with Crippen LogP contribution in [0.3, 0.4) is 0 Å². The smallest absolute Gasteiger partial charge is 0.406 e. The second-order valence-electron chi connectivity index (χ2n) is 4.66. The molecule has 1 amide bonds. The maximum Gasteiger partial charge on any atom is 0.406 e. The summed E-state index contributed by atoms with van der Waals surface area (Å²) in [7, 11) is 0. The van der Waals surface area contributed by atoms with Crippen molar-refractivity contribution in [2.24, 2.45) is 0 Å². The summed E-state index contributed by atoms with van der Waals surface area (Å²) in [5.41, 5.74) is 1.51. The molecule has 0 saturated heterocycles. The van der Waals surface area contributed by atoms with E-state index in [1.165, 1.54) is 4.68 Å². The number of nitrogens with zero attached hydrogens (tertiary/aromatic N) is 3. The zero-order valence-electron chi connectivity index (χ0n) is 11.6. The first-order chi connectivity index (χ1) is 9.58. The molecule has 0 aliphatic rings. The largest absolute Gasteiger partial charge is 0.480 e. The van der Waals surface area contributed by atoms with Crippen LogP contribution in [0.25, 0.3) is 0 Å². The number of rotatable bonds is 6. The number of carbonyl (C=O) groups excluding carboxylic acids is 1. The van der Waals surface area contributed by atoms with Crippen LogP contribution in [0.15, 0.2) is 6.07 Å². The van der Waals surface area contributed by atoms with Gasteiger partial charge in [-0.1, -0.05) is 0 Å². The summed E-state index contributed by atoms with van der Waals surface area (Å²) in [6.07, 6.45) is -4.88. The molecule has 118 valence electrons. The Morgan fingerprint density at radius 2 is 2.00 bits per heavy atom. The molecule has 0 radical (unpaired) electrons. The van der Waals surface area contributed by atoms with Gasteiger partial charge in [-0.25, -0.2) is 0 Å². The average Bonchev–Trinajstić information content (AvgIpc) is 2.61. The van der Waals surface area contributed by atoms with Gasteiger partial charge in [0.15, 0.2) is 0 Å². The Balaban J connectivity index is 2.67. The zero-order chi connectivity index (χ0) is 16.2. The fourth-order valence-electron chi connectivity index (χ4n) is 1.87. The van der Waals surface area contributed by atoms with Crippen molar-refractivity contribution in [3.8, 4) is 0 Å². The predicted molar refractivity (Wildman–Crippen MR) is 66.6 cm³/mol. The van der Waals surface area contributed by atoms with Gasteiger partial charge < -0.3 is 10.0 Å². The van der Waals surface area contributed by atoms with Crippen molar-refractivity contribution in [2.75, 3.05) is 13.1 Å². The van der Waals surface area contributed by atoms with Gasteiger partial charge in [0, 0.05) is 18.7 Å². The average molecular weight is 307 g/mol. The second-order valence-corrected chi connectivity index (χ2v) is 4.66. The van der Waals surface area contributed by atoms with Crippen LogP contribution in [0.4, 0.5) is 13.2 Å². The molecule has 9 heteroatoms. The Hall–Kier alpha value is -2.06. The number of amides is 1. The lowest BCUT2D eigenvalue weighted by Gasteiger charge is -2.22. The molecule has 1 N–H and O–H groups in total. The van der Waals surface area contributed by atoms with Crippen molar-refractivity contribution in [3.05, 3.63) is 17.5 Å². The summed E-state index contributed by atoms with van der Waals surface area (Å²) in [4.78, 5) is 22.6. The van der Waals surface area contributed by atoms with Crippen LogP contribution in [0.5, 0.6) is 0 Å². The first-order valence-electron chi connectivity index (χ1n) is 6.16. The highest BCUT2D eigenvalue weighted by Crippen LogP contribution is 2.17. The maximum absolute atomic E-state index is 12.3. The number of halogens is 3. The third-order valence-corrected chi connectivity index (χ3v) is 2.69. The first-order valence-corrected chi connectivity index (χ1v) is 6.16. The Kier molecular flexibility index (Phi) is 5.34. The van der Waals surface area contributed by atoms with Gasteiger partial charge >= 0.3 is 12.1 Å². The SMILES string of the molecule is Cc1cc(C)n(CCC(=O)N(CC(=O)O)CC(F)(F)F)n1. The molecule has 21 heavy (non-hydrogen) atoms. The normalized spacial score (nSPS) is 11.5. The van der Waals surface area contributed by atoms with Crippen molar-refractivity contribution < 1.29 is 27.9 Å². The van der Waals surface area contributed by atoms with Crippen LogP contribution >= 0.6 is 0 Å². The molecule has 1 aromatic heterocycles. The van der Waals surface area contributed by atoms with Crippen molar-refractivity contribution >= 4 is 11.9 Å². The van der Waals surface area contributed by atoms with E-state index in [-0.39, 0.29) is 17.9 Å². The van der Waals surface area contributed by atoms with E-state index in [0.29, 0.717) is 0 Å². The first kappa shape index (κ1) is 17.0. The quantitative estimate of drug-likeness (QED) is 0.861. The van der Waals surface area contributed by atoms with Gasteiger partial charge in [0.2, 0.25) is 5.91 Å². The lowest BCUT2D eigenvalue weighted by molar-refractivity contribution is -0.165. The minimum absolute atomic E-state index is 0.104. The Labute approximate surface area is 119 Å². The number of carboxylic acid groups (broad SMARTS) is 1. The van der Waals surface area contributed by atoms with Crippen LogP contribution in [-0.2, 0) is 16.1 Å². The molecule has 0 bridgehead atoms. The maximum atomic E-state index is 12.3. The molecule has 0 aliphatic carbocycles. The van der Waals surface area contributed by atoms with E-state index in [2.05, 4.69) is 5.10 Å². The number of alkyl halides is 3. The molecule has 0 atom stereocenters. The Morgan fingerprint density at radius 1 is 1.38 bits per heavy atom. The number of aliphatic carboxylic acids is 1. The van der Waals surface area contributed by atoms with Crippen LogP contribution < -0.4 is 0 Å². The van der Waals surface area contributed by atoms with Gasteiger partial charge in [0.25, 0.3) is 0 Å². The van der Waals surface area contributed by atoms with Gasteiger partial charge in [0.05, 0.1) is 5.69 Å². The summed E-state index contributed by atoms with van der Waals surface area (Å²) in [6.45, 7) is 1.07. The summed E-state index contributed by atoms with van der Waals surface area (Å²) in [5.74, 6) is -2.36. The minimum Gasteiger partial charge on any atom is -0.480 e. The van der Waals surface area contributed by atoms with E-state index in [0.717, 1.165) is 11.4 Å². The van der Waals surface area contributed by atoms with Crippen LogP contribution in [-0.4, -0.2) is 50.9 Å². The highest BCUT2D eigenvalue weighted by molar-refractivity contribution is 5.81. The van der Waals surface area contributed by atoms with Crippen molar-refractivity contribution in [2.45, 2.75) is 33.0 Å². The number of aryl methyl sites for hydroxylation is 3. The van der Waals surface area contributed by atoms with Crippen molar-refractivity contribution in [3.63, 3.8) is 0 Å². The summed E-state index contributed by atoms with van der Waals surface area (Å²) >= 11 is 0. The molecule has 1 heterocycles. The molecular weight excluding hydrogens is 291 g/mol. The predicted octanol–water partition coefficient (Wildman–Crippen LogP) is 1.37. The minimum atomic E-state index is -4.64. The zero-order valence-corrected chi connectivity index (χ0v) is 11.6. The van der Waals surface area contributed by atoms with Crippen molar-refractivity contribution in [1.82, 2.24) is 14.7 Å². The Morgan fingerprint density at radius 3 is 2.43 bits per heavy atom.